The summed E-state index contributed by atoms with van der Waals surface area (Å²) in [6.07, 6.45) is -0.489. The van der Waals surface area contributed by atoms with Gasteiger partial charge in [-0.3, -0.25) is 0 Å². The highest BCUT2D eigenvalue weighted by Crippen LogP contribution is 2.62. The van der Waals surface area contributed by atoms with Gasteiger partial charge < -0.3 is 10.1 Å². The molecule has 7 aromatic rings. The van der Waals surface area contributed by atoms with Crippen molar-refractivity contribution < 1.29 is 4.74 Å². The molecule has 1 spiro atoms. The van der Waals surface area contributed by atoms with Crippen LogP contribution in [-0.4, -0.2) is 11.7 Å². The average molecular weight is 692 g/mol. The number of nitriles is 2. The third-order valence-electron chi connectivity index (χ3n) is 10.6. The quantitative estimate of drug-likeness (QED) is 0.199. The van der Waals surface area contributed by atoms with Gasteiger partial charge in [-0.25, -0.2) is 9.98 Å². The molecule has 1 N–H and O–H groups in total. The summed E-state index contributed by atoms with van der Waals surface area (Å²) in [7, 11) is 0. The number of aliphatic imine (C=N–C) groups is 2. The molecule has 2 heterocycles. The van der Waals surface area contributed by atoms with E-state index in [9.17, 15) is 10.5 Å². The van der Waals surface area contributed by atoms with Gasteiger partial charge in [0, 0.05) is 22.3 Å². The first-order chi connectivity index (χ1) is 26.6. The van der Waals surface area contributed by atoms with Crippen LogP contribution in [0.25, 0.3) is 22.3 Å². The van der Waals surface area contributed by atoms with Crippen LogP contribution in [0.5, 0.6) is 11.5 Å². The van der Waals surface area contributed by atoms with Crippen LogP contribution >= 0.6 is 0 Å². The van der Waals surface area contributed by atoms with E-state index in [1.807, 2.05) is 54.6 Å². The molecule has 7 aromatic carbocycles. The number of hydrogen-bond acceptors (Lipinski definition) is 6. The van der Waals surface area contributed by atoms with E-state index in [1.54, 1.807) is 18.2 Å². The predicted molar refractivity (Wildman–Crippen MR) is 211 cm³/mol. The standard InChI is InChI=1S/C48H29N5O/c49-28-30-23-31(29-50)25-36(24-30)33-13-10-14-34(26-33)46-51-45(32-11-2-1-3-12-32)52-47(53-46)35-21-22-38-37-15-4-5-16-39(37)48(42(38)27-35)40-17-6-8-19-43(40)54-44-20-9-7-18-41(44)48/h1-27,45H,(H,51,52,53). The Hall–Kier alpha value is -7.54. The molecule has 0 amide bonds. The van der Waals surface area contributed by atoms with Gasteiger partial charge in [0.15, 0.2) is 6.17 Å². The predicted octanol–water partition coefficient (Wildman–Crippen LogP) is 10.1. The van der Waals surface area contributed by atoms with E-state index < -0.39 is 11.6 Å². The zero-order valence-electron chi connectivity index (χ0n) is 28.9. The van der Waals surface area contributed by atoms with Crippen molar-refractivity contribution in [2.45, 2.75) is 11.6 Å². The maximum Gasteiger partial charge on any atom is 0.169 e. The van der Waals surface area contributed by atoms with Gasteiger partial charge in [-0.15, -0.1) is 0 Å². The van der Waals surface area contributed by atoms with Crippen LogP contribution < -0.4 is 10.1 Å². The highest BCUT2D eigenvalue weighted by molar-refractivity contribution is 6.16. The highest BCUT2D eigenvalue weighted by Gasteiger charge is 2.51. The number of amidine groups is 2. The Kier molecular flexibility index (Phi) is 7.11. The number of fused-ring (bicyclic) bond motifs is 9. The van der Waals surface area contributed by atoms with Gasteiger partial charge in [0.05, 0.1) is 28.7 Å². The summed E-state index contributed by atoms with van der Waals surface area (Å²) in [4.78, 5) is 10.4. The van der Waals surface area contributed by atoms with Crippen molar-refractivity contribution in [3.05, 3.63) is 214 Å². The van der Waals surface area contributed by atoms with Crippen LogP contribution in [0.1, 0.15) is 56.2 Å². The molecule has 0 bridgehead atoms. The minimum absolute atomic E-state index is 0.437. The van der Waals surface area contributed by atoms with Gasteiger partial charge in [-0.1, -0.05) is 121 Å². The fourth-order valence-corrected chi connectivity index (χ4v) is 8.29. The topological polar surface area (TPSA) is 93.6 Å². The minimum atomic E-state index is -0.604. The number of rotatable bonds is 4. The maximum absolute atomic E-state index is 9.64. The van der Waals surface area contributed by atoms with E-state index in [-0.39, 0.29) is 0 Å². The second-order valence-corrected chi connectivity index (χ2v) is 13.6. The molecule has 1 aliphatic carbocycles. The SMILES string of the molecule is N#Cc1cc(C#N)cc(-c2cccc(C3=NC(c4ccccc4)N=C(c4ccc5c(c4)C4(c6ccccc6Oc6ccccc64)c4ccccc4-5)N3)c2)c1. The molecule has 252 valence electrons. The molecule has 0 radical (unpaired) electrons. The smallest absolute Gasteiger partial charge is 0.169 e. The number of benzene rings is 7. The Morgan fingerprint density at radius 1 is 0.481 bits per heavy atom. The molecular weight excluding hydrogens is 663 g/mol. The van der Waals surface area contributed by atoms with Crippen LogP contribution in [0, 0.1) is 22.7 Å². The Morgan fingerprint density at radius 3 is 1.74 bits per heavy atom. The third-order valence-corrected chi connectivity index (χ3v) is 10.6. The van der Waals surface area contributed by atoms with E-state index >= 15 is 0 Å². The first kappa shape index (κ1) is 31.2. The largest absolute Gasteiger partial charge is 0.457 e. The lowest BCUT2D eigenvalue weighted by Gasteiger charge is -2.39. The number of para-hydroxylation sites is 2. The fourth-order valence-electron chi connectivity index (χ4n) is 8.29. The number of ether oxygens (including phenoxy) is 1. The molecule has 0 fully saturated rings. The van der Waals surface area contributed by atoms with Crippen molar-refractivity contribution in [1.82, 2.24) is 5.32 Å². The number of hydrogen-bond donors (Lipinski definition) is 1. The lowest BCUT2D eigenvalue weighted by atomic mass is 9.66. The van der Waals surface area contributed by atoms with Gasteiger partial charge in [-0.05, 0) is 81.4 Å². The molecule has 2 aliphatic heterocycles. The Bertz CT molecular complexity index is 2740. The van der Waals surface area contributed by atoms with Crippen molar-refractivity contribution in [1.29, 1.82) is 10.5 Å². The minimum Gasteiger partial charge on any atom is -0.457 e. The molecular formula is C48H29N5O. The van der Waals surface area contributed by atoms with Crippen molar-refractivity contribution in [3.63, 3.8) is 0 Å². The van der Waals surface area contributed by atoms with Crippen molar-refractivity contribution >= 4 is 11.7 Å². The zero-order valence-corrected chi connectivity index (χ0v) is 28.9. The molecule has 6 nitrogen and oxygen atoms in total. The fraction of sp³-hybridized carbons (Fsp3) is 0.0417. The molecule has 0 aromatic heterocycles. The normalized spacial score (nSPS) is 15.5. The highest BCUT2D eigenvalue weighted by atomic mass is 16.5. The molecule has 1 unspecified atom stereocenters. The van der Waals surface area contributed by atoms with E-state index in [0.29, 0.717) is 22.8 Å². The van der Waals surface area contributed by atoms with Gasteiger partial charge in [0.1, 0.15) is 23.2 Å². The Morgan fingerprint density at radius 2 is 1.06 bits per heavy atom. The van der Waals surface area contributed by atoms with Gasteiger partial charge in [0.25, 0.3) is 0 Å². The van der Waals surface area contributed by atoms with Crippen molar-refractivity contribution in [2.24, 2.45) is 9.98 Å². The van der Waals surface area contributed by atoms with Crippen molar-refractivity contribution in [3.8, 4) is 45.9 Å². The summed E-state index contributed by atoms with van der Waals surface area (Å²) in [5.41, 5.74) is 11.7. The van der Waals surface area contributed by atoms with E-state index in [4.69, 9.17) is 14.7 Å². The van der Waals surface area contributed by atoms with E-state index in [1.165, 1.54) is 22.3 Å². The summed E-state index contributed by atoms with van der Waals surface area (Å²) in [6, 6.07) is 59.8. The van der Waals surface area contributed by atoms with Crippen LogP contribution in [0.4, 0.5) is 0 Å². The van der Waals surface area contributed by atoms with Gasteiger partial charge >= 0.3 is 0 Å². The monoisotopic (exact) mass is 691 g/mol. The summed E-state index contributed by atoms with van der Waals surface area (Å²) in [5.74, 6) is 3.07. The number of nitrogens with one attached hydrogen (secondary N) is 1. The molecule has 0 saturated carbocycles. The molecule has 3 aliphatic rings. The number of nitrogens with zero attached hydrogens (tertiary/aromatic N) is 4. The first-order valence-corrected chi connectivity index (χ1v) is 17.8. The maximum atomic E-state index is 9.64. The molecule has 10 rings (SSSR count). The average Bonchev–Trinajstić information content (AvgIpc) is 3.53. The van der Waals surface area contributed by atoms with Crippen LogP contribution in [0.15, 0.2) is 174 Å². The van der Waals surface area contributed by atoms with E-state index in [2.05, 4.69) is 108 Å². The molecule has 1 atom stereocenters. The molecule has 0 saturated heterocycles. The first-order valence-electron chi connectivity index (χ1n) is 17.8. The summed E-state index contributed by atoms with van der Waals surface area (Å²) in [5, 5.41) is 22.9. The lowest BCUT2D eigenvalue weighted by Crippen LogP contribution is -2.36. The van der Waals surface area contributed by atoms with Crippen molar-refractivity contribution in [2.75, 3.05) is 0 Å². The van der Waals surface area contributed by atoms with Gasteiger partial charge in [-0.2, -0.15) is 10.5 Å². The van der Waals surface area contributed by atoms with Gasteiger partial charge in [0.2, 0.25) is 0 Å². The molecule has 54 heavy (non-hydrogen) atoms. The van der Waals surface area contributed by atoms with Crippen LogP contribution in [0.2, 0.25) is 0 Å². The Balaban J connectivity index is 1.14. The molecule has 6 heteroatoms. The van der Waals surface area contributed by atoms with E-state index in [0.717, 1.165) is 50.4 Å². The summed E-state index contributed by atoms with van der Waals surface area (Å²) >= 11 is 0. The van der Waals surface area contributed by atoms with Crippen LogP contribution in [0.3, 0.4) is 0 Å². The second kappa shape index (κ2) is 12.3. The zero-order chi connectivity index (χ0) is 36.2. The lowest BCUT2D eigenvalue weighted by molar-refractivity contribution is 0.436. The summed E-state index contributed by atoms with van der Waals surface area (Å²) in [6.45, 7) is 0. The summed E-state index contributed by atoms with van der Waals surface area (Å²) < 4.78 is 6.55. The van der Waals surface area contributed by atoms with Crippen LogP contribution in [-0.2, 0) is 5.41 Å². The Labute approximate surface area is 312 Å². The third kappa shape index (κ3) is 4.79. The second-order valence-electron chi connectivity index (χ2n) is 13.6.